The second-order valence-corrected chi connectivity index (χ2v) is 6.57. The summed E-state index contributed by atoms with van der Waals surface area (Å²) in [6.07, 6.45) is 0.709. The van der Waals surface area contributed by atoms with Gasteiger partial charge in [-0.3, -0.25) is 4.40 Å². The summed E-state index contributed by atoms with van der Waals surface area (Å²) in [5.74, 6) is 1.60. The number of para-hydroxylation sites is 1. The van der Waals surface area contributed by atoms with Gasteiger partial charge in [0.1, 0.15) is 17.5 Å². The quantitative estimate of drug-likeness (QED) is 0.508. The third kappa shape index (κ3) is 2.55. The fourth-order valence-corrected chi connectivity index (χ4v) is 3.27. The van der Waals surface area contributed by atoms with Crippen molar-refractivity contribution in [1.29, 1.82) is 0 Å². The van der Waals surface area contributed by atoms with Crippen LogP contribution in [0.25, 0.3) is 16.7 Å². The van der Waals surface area contributed by atoms with E-state index >= 15 is 0 Å². The van der Waals surface area contributed by atoms with E-state index in [0.717, 1.165) is 17.0 Å². The zero-order chi connectivity index (χ0) is 17.6. The summed E-state index contributed by atoms with van der Waals surface area (Å²) >= 11 is 3.28. The summed E-state index contributed by atoms with van der Waals surface area (Å²) in [4.78, 5) is 6.58. The predicted molar refractivity (Wildman–Crippen MR) is 99.8 cm³/mol. The van der Waals surface area contributed by atoms with E-state index < -0.39 is 0 Å². The first-order valence-electron chi connectivity index (χ1n) is 7.91. The van der Waals surface area contributed by atoms with Crippen LogP contribution in [0.15, 0.2) is 46.9 Å². The van der Waals surface area contributed by atoms with Gasteiger partial charge in [-0.05, 0) is 40.2 Å². The van der Waals surface area contributed by atoms with Gasteiger partial charge >= 0.3 is 0 Å². The Morgan fingerprint density at radius 3 is 2.64 bits per heavy atom. The molecule has 0 saturated heterocycles. The molecular weight excluding hydrogens is 385 g/mol. The Labute approximate surface area is 152 Å². The molecule has 0 aliphatic rings. The minimum absolute atomic E-state index is 0.331. The van der Waals surface area contributed by atoms with Crippen molar-refractivity contribution in [2.75, 3.05) is 11.9 Å². The Morgan fingerprint density at radius 1 is 1.16 bits per heavy atom. The molecule has 5 nitrogen and oxygen atoms in total. The van der Waals surface area contributed by atoms with E-state index in [4.69, 9.17) is 0 Å². The van der Waals surface area contributed by atoms with Gasteiger partial charge in [0.05, 0.1) is 9.99 Å². The van der Waals surface area contributed by atoms with E-state index in [1.54, 1.807) is 6.07 Å². The summed E-state index contributed by atoms with van der Waals surface area (Å²) < 4.78 is 16.5. The molecule has 0 bridgehead atoms. The lowest BCUT2D eigenvalue weighted by Gasteiger charge is -2.20. The Morgan fingerprint density at radius 2 is 1.92 bits per heavy atom. The number of hydrogen-bond acceptors (Lipinski definition) is 4. The molecule has 0 fully saturated rings. The van der Waals surface area contributed by atoms with Crippen LogP contribution in [0, 0.1) is 5.82 Å². The average molecular weight is 400 g/mol. The summed E-state index contributed by atoms with van der Waals surface area (Å²) in [5, 5.41) is 9.11. The maximum atomic E-state index is 14.3. The second kappa shape index (κ2) is 6.07. The lowest BCUT2D eigenvalue weighted by atomic mass is 10.2. The fraction of sp³-hybridized carbons (Fsp3) is 0.167. The predicted octanol–water partition coefficient (Wildman–Crippen LogP) is 4.51. The van der Waals surface area contributed by atoms with Crippen molar-refractivity contribution in [3.8, 4) is 0 Å². The molecule has 0 radical (unpaired) electrons. The molecule has 7 heteroatoms. The second-order valence-electron chi connectivity index (χ2n) is 5.72. The maximum absolute atomic E-state index is 14.3. The topological polar surface area (TPSA) is 46.3 Å². The molecule has 25 heavy (non-hydrogen) atoms. The molecule has 0 N–H and O–H groups in total. The number of aryl methyl sites for hydroxylation is 1. The maximum Gasteiger partial charge on any atom is 0.257 e. The largest absolute Gasteiger partial charge is 0.329 e. The van der Waals surface area contributed by atoms with Crippen LogP contribution in [-0.4, -0.2) is 26.6 Å². The van der Waals surface area contributed by atoms with E-state index in [-0.39, 0.29) is 5.82 Å². The van der Waals surface area contributed by atoms with Crippen molar-refractivity contribution in [1.82, 2.24) is 19.6 Å². The minimum Gasteiger partial charge on any atom is -0.329 e. The van der Waals surface area contributed by atoms with Crippen molar-refractivity contribution < 1.29 is 4.39 Å². The van der Waals surface area contributed by atoms with Crippen molar-refractivity contribution >= 4 is 44.1 Å². The molecule has 2 heterocycles. The van der Waals surface area contributed by atoms with Crippen LogP contribution in [-0.2, 0) is 6.42 Å². The van der Waals surface area contributed by atoms with Crippen LogP contribution in [0.4, 0.5) is 15.9 Å². The van der Waals surface area contributed by atoms with Gasteiger partial charge in [-0.2, -0.15) is 4.98 Å². The van der Waals surface area contributed by atoms with E-state index in [1.807, 2.05) is 53.6 Å². The van der Waals surface area contributed by atoms with Gasteiger partial charge < -0.3 is 4.90 Å². The molecule has 0 atom stereocenters. The molecular formula is C18H15BrFN5. The number of hydrogen-bond donors (Lipinski definition) is 0. The standard InChI is InChI=1S/C18H15BrFN5/c1-3-16-22-23-18-21-17(24(2)11-7-5-4-6-8-11)12-9-14(20)13(19)10-15(12)25(16)18/h4-10H,3H2,1-2H3. The summed E-state index contributed by atoms with van der Waals surface area (Å²) in [5.41, 5.74) is 1.78. The van der Waals surface area contributed by atoms with Gasteiger partial charge in [0.25, 0.3) is 5.78 Å². The normalized spacial score (nSPS) is 11.4. The minimum atomic E-state index is -0.331. The van der Waals surface area contributed by atoms with Gasteiger partial charge in [-0.15, -0.1) is 10.2 Å². The number of nitrogens with zero attached hydrogens (tertiary/aromatic N) is 5. The van der Waals surface area contributed by atoms with Crippen molar-refractivity contribution in [2.45, 2.75) is 13.3 Å². The first kappa shape index (κ1) is 16.0. The van der Waals surface area contributed by atoms with Crippen LogP contribution in [0.5, 0.6) is 0 Å². The fourth-order valence-electron chi connectivity index (χ4n) is 2.94. The Hall–Kier alpha value is -2.54. The smallest absolute Gasteiger partial charge is 0.257 e. The van der Waals surface area contributed by atoms with Crippen molar-refractivity contribution in [3.05, 3.63) is 58.6 Å². The number of halogens is 2. The van der Waals surface area contributed by atoms with Gasteiger partial charge in [0.15, 0.2) is 0 Å². The lowest BCUT2D eigenvalue weighted by Crippen LogP contribution is -2.13. The van der Waals surface area contributed by atoms with Crippen molar-refractivity contribution in [3.63, 3.8) is 0 Å². The van der Waals surface area contributed by atoms with Crippen LogP contribution >= 0.6 is 15.9 Å². The zero-order valence-corrected chi connectivity index (χ0v) is 15.3. The number of fused-ring (bicyclic) bond motifs is 3. The van der Waals surface area contributed by atoms with Crippen LogP contribution < -0.4 is 4.90 Å². The summed E-state index contributed by atoms with van der Waals surface area (Å²) in [6, 6.07) is 13.1. The molecule has 0 aliphatic carbocycles. The van der Waals surface area contributed by atoms with Crippen LogP contribution in [0.3, 0.4) is 0 Å². The SMILES string of the molecule is CCc1nnc2nc(N(C)c3ccccc3)c3cc(F)c(Br)cc3n12. The molecule has 0 amide bonds. The molecule has 0 aliphatic heterocycles. The third-order valence-corrected chi connectivity index (χ3v) is 4.82. The van der Waals surface area contributed by atoms with Gasteiger partial charge in [0.2, 0.25) is 0 Å². The Balaban J connectivity index is 2.08. The van der Waals surface area contributed by atoms with Gasteiger partial charge in [-0.25, -0.2) is 4.39 Å². The number of benzene rings is 2. The van der Waals surface area contributed by atoms with Gasteiger partial charge in [0, 0.05) is 24.5 Å². The highest BCUT2D eigenvalue weighted by Gasteiger charge is 2.18. The lowest BCUT2D eigenvalue weighted by molar-refractivity contribution is 0.623. The molecule has 2 aromatic heterocycles. The van der Waals surface area contributed by atoms with E-state index in [0.29, 0.717) is 27.9 Å². The van der Waals surface area contributed by atoms with Crippen LogP contribution in [0.2, 0.25) is 0 Å². The highest BCUT2D eigenvalue weighted by molar-refractivity contribution is 9.10. The van der Waals surface area contributed by atoms with E-state index in [2.05, 4.69) is 31.1 Å². The van der Waals surface area contributed by atoms with E-state index in [1.165, 1.54) is 6.07 Å². The highest BCUT2D eigenvalue weighted by atomic mass is 79.9. The molecule has 4 rings (SSSR count). The van der Waals surface area contributed by atoms with Crippen LogP contribution in [0.1, 0.15) is 12.7 Å². The van der Waals surface area contributed by atoms with Gasteiger partial charge in [-0.1, -0.05) is 25.1 Å². The molecule has 0 saturated carbocycles. The Bertz CT molecular complexity index is 1080. The first-order chi connectivity index (χ1) is 12.1. The molecule has 2 aromatic carbocycles. The molecule has 0 unspecified atom stereocenters. The third-order valence-electron chi connectivity index (χ3n) is 4.22. The summed E-state index contributed by atoms with van der Waals surface area (Å²) in [7, 11) is 1.91. The van der Waals surface area contributed by atoms with Crippen molar-refractivity contribution in [2.24, 2.45) is 0 Å². The highest BCUT2D eigenvalue weighted by Crippen LogP contribution is 2.33. The monoisotopic (exact) mass is 399 g/mol. The molecule has 126 valence electrons. The number of aromatic nitrogens is 4. The first-order valence-corrected chi connectivity index (χ1v) is 8.71. The Kier molecular flexibility index (Phi) is 3.88. The number of anilines is 2. The zero-order valence-electron chi connectivity index (χ0n) is 13.7. The summed E-state index contributed by atoms with van der Waals surface area (Å²) in [6.45, 7) is 2.00. The number of rotatable bonds is 3. The molecule has 0 spiro atoms. The molecule has 4 aromatic rings. The average Bonchev–Trinajstić information content (AvgIpc) is 3.05. The van der Waals surface area contributed by atoms with E-state index in [9.17, 15) is 4.39 Å².